The summed E-state index contributed by atoms with van der Waals surface area (Å²) >= 11 is 0. The lowest BCUT2D eigenvalue weighted by molar-refractivity contribution is 0.394. The molecule has 6 aliphatic carbocycles. The Morgan fingerprint density at radius 2 is 0.773 bits per heavy atom. The standard InChI is InChI=1S/C86H60N2/c1-83(2)63-31-13-8-26-53(63)58-47-61-55-28-12-21-41-75(55)87(79(61)49-73(58)83)77-42-22-39-71-81(77)56-29-10-15-33-65(56)85(71)67-35-17-19-37-69(67)86(70-38-20-18-36-68(70)85)66-34-16-11-30-57(66)82-72(86)40-23-43-78(82)88-76-45-44-52(51-24-6-5-7-25-51)46-60(76)62-48-59-54-27-9-14-32-64(54)84(3,4)74(59)50-80(62)88/h5-50,54,64H,1-4H3. The van der Waals surface area contributed by atoms with Crippen LogP contribution < -0.4 is 0 Å². The van der Waals surface area contributed by atoms with Crippen molar-refractivity contribution in [1.29, 1.82) is 0 Å². The number of para-hydroxylation sites is 1. The molecule has 2 heterocycles. The van der Waals surface area contributed by atoms with Crippen LogP contribution in [0.3, 0.4) is 0 Å². The average molecular weight is 1120 g/mol. The van der Waals surface area contributed by atoms with E-state index in [0.29, 0.717) is 11.8 Å². The Labute approximate surface area is 512 Å². The largest absolute Gasteiger partial charge is 0.309 e. The van der Waals surface area contributed by atoms with Crippen LogP contribution in [-0.2, 0) is 21.7 Å². The van der Waals surface area contributed by atoms with Gasteiger partial charge >= 0.3 is 0 Å². The molecule has 2 heteroatoms. The predicted octanol–water partition coefficient (Wildman–Crippen LogP) is 21.0. The first-order valence-electron chi connectivity index (χ1n) is 31.6. The van der Waals surface area contributed by atoms with E-state index in [1.807, 2.05) is 0 Å². The van der Waals surface area contributed by atoms with Crippen molar-refractivity contribution in [3.8, 4) is 55.9 Å². The van der Waals surface area contributed by atoms with E-state index in [9.17, 15) is 0 Å². The lowest BCUT2D eigenvalue weighted by atomic mass is 9.52. The van der Waals surface area contributed by atoms with Crippen LogP contribution >= 0.6 is 0 Å². The first-order chi connectivity index (χ1) is 43.2. The van der Waals surface area contributed by atoms with Gasteiger partial charge in [-0.3, -0.25) is 0 Å². The molecule has 2 unspecified atom stereocenters. The quantitative estimate of drug-likeness (QED) is 0.167. The molecule has 414 valence electrons. The van der Waals surface area contributed by atoms with Crippen LogP contribution in [0.5, 0.6) is 0 Å². The van der Waals surface area contributed by atoms with Gasteiger partial charge in [-0.05, 0) is 166 Å². The third-order valence-corrected chi connectivity index (χ3v) is 22.5. The van der Waals surface area contributed by atoms with Crippen molar-refractivity contribution in [3.63, 3.8) is 0 Å². The maximum atomic E-state index is 2.65. The number of rotatable bonds is 3. The minimum Gasteiger partial charge on any atom is -0.309 e. The fraction of sp³-hybridized carbons (Fsp3) is 0.116. The molecule has 2 atom stereocenters. The van der Waals surface area contributed by atoms with Gasteiger partial charge in [0.15, 0.2) is 0 Å². The van der Waals surface area contributed by atoms with Gasteiger partial charge in [0.25, 0.3) is 0 Å². The maximum absolute atomic E-state index is 2.65. The van der Waals surface area contributed by atoms with E-state index in [4.69, 9.17) is 0 Å². The number of hydrogen-bond donors (Lipinski definition) is 0. The molecular weight excluding hydrogens is 1060 g/mol. The van der Waals surface area contributed by atoms with Crippen molar-refractivity contribution in [2.24, 2.45) is 5.92 Å². The van der Waals surface area contributed by atoms with Crippen molar-refractivity contribution in [3.05, 3.63) is 346 Å². The molecule has 88 heavy (non-hydrogen) atoms. The van der Waals surface area contributed by atoms with E-state index in [0.717, 1.165) is 0 Å². The number of aromatic nitrogens is 2. The number of hydrogen-bond acceptors (Lipinski definition) is 0. The van der Waals surface area contributed by atoms with Crippen LogP contribution in [0.15, 0.2) is 279 Å². The van der Waals surface area contributed by atoms with Crippen molar-refractivity contribution in [2.75, 3.05) is 0 Å². The van der Waals surface area contributed by atoms with Gasteiger partial charge in [0, 0.05) is 44.0 Å². The van der Waals surface area contributed by atoms with Gasteiger partial charge in [-0.1, -0.05) is 252 Å². The average Bonchev–Trinajstić information content (AvgIpc) is 1.41. The molecule has 0 aliphatic heterocycles. The van der Waals surface area contributed by atoms with Crippen LogP contribution in [0.1, 0.15) is 100 Å². The molecule has 0 saturated carbocycles. The van der Waals surface area contributed by atoms with Gasteiger partial charge in [0.2, 0.25) is 0 Å². The first kappa shape index (κ1) is 48.9. The summed E-state index contributed by atoms with van der Waals surface area (Å²) in [6.07, 6.45) is 9.42. The van der Waals surface area contributed by atoms with Crippen LogP contribution in [-0.4, -0.2) is 9.13 Å². The summed E-state index contributed by atoms with van der Waals surface area (Å²) in [5, 5.41) is 5.14. The molecule has 6 aliphatic rings. The fourth-order valence-corrected chi connectivity index (χ4v) is 18.9. The summed E-state index contributed by atoms with van der Waals surface area (Å²) in [5.74, 6) is 0.733. The third-order valence-electron chi connectivity index (χ3n) is 22.5. The number of fused-ring (bicyclic) bond motifs is 28. The van der Waals surface area contributed by atoms with E-state index in [-0.39, 0.29) is 10.8 Å². The first-order valence-corrected chi connectivity index (χ1v) is 31.6. The summed E-state index contributed by atoms with van der Waals surface area (Å²) in [4.78, 5) is 0. The molecule has 2 spiro atoms. The van der Waals surface area contributed by atoms with Gasteiger partial charge in [-0.15, -0.1) is 0 Å². The van der Waals surface area contributed by atoms with E-state index < -0.39 is 10.8 Å². The molecule has 0 radical (unpaired) electrons. The van der Waals surface area contributed by atoms with Gasteiger partial charge in [-0.25, -0.2) is 0 Å². The fourth-order valence-electron chi connectivity index (χ4n) is 18.9. The zero-order valence-electron chi connectivity index (χ0n) is 49.6. The number of allylic oxidation sites excluding steroid dienone is 4. The summed E-state index contributed by atoms with van der Waals surface area (Å²) in [7, 11) is 0. The van der Waals surface area contributed by atoms with Crippen molar-refractivity contribution in [2.45, 2.75) is 55.3 Å². The molecule has 0 N–H and O–H groups in total. The number of benzene rings is 12. The molecule has 0 fully saturated rings. The molecule has 14 aromatic rings. The Kier molecular flexibility index (Phi) is 9.35. The highest BCUT2D eigenvalue weighted by atomic mass is 15.0. The Bertz CT molecular complexity index is 5490. The Morgan fingerprint density at radius 1 is 0.295 bits per heavy atom. The highest BCUT2D eigenvalue weighted by Gasteiger charge is 2.60. The van der Waals surface area contributed by atoms with Gasteiger partial charge < -0.3 is 9.13 Å². The van der Waals surface area contributed by atoms with Crippen LogP contribution in [0, 0.1) is 5.92 Å². The molecule has 0 bridgehead atoms. The zero-order valence-corrected chi connectivity index (χ0v) is 49.6. The Morgan fingerprint density at radius 3 is 1.40 bits per heavy atom. The summed E-state index contributed by atoms with van der Waals surface area (Å²) in [6, 6.07) is 98.9. The summed E-state index contributed by atoms with van der Waals surface area (Å²) in [6.45, 7) is 9.74. The van der Waals surface area contributed by atoms with E-state index >= 15 is 0 Å². The van der Waals surface area contributed by atoms with E-state index in [2.05, 4.69) is 316 Å². The zero-order chi connectivity index (χ0) is 58.2. The van der Waals surface area contributed by atoms with Gasteiger partial charge in [0.05, 0.1) is 44.3 Å². The van der Waals surface area contributed by atoms with Gasteiger partial charge in [0.1, 0.15) is 0 Å². The molecule has 20 rings (SSSR count). The second kappa shape index (κ2) is 16.8. The second-order valence-electron chi connectivity index (χ2n) is 27.0. The molecule has 2 aromatic heterocycles. The topological polar surface area (TPSA) is 9.86 Å². The van der Waals surface area contributed by atoms with Crippen molar-refractivity contribution >= 4 is 43.6 Å². The third kappa shape index (κ3) is 5.73. The number of nitrogens with zero attached hydrogens (tertiary/aromatic N) is 2. The molecule has 0 saturated heterocycles. The predicted molar refractivity (Wildman–Crippen MR) is 364 cm³/mol. The minimum absolute atomic E-state index is 0.0567. The van der Waals surface area contributed by atoms with Gasteiger partial charge in [-0.2, -0.15) is 0 Å². The Hall–Kier alpha value is -10.3. The molecule has 12 aromatic carbocycles. The monoisotopic (exact) mass is 1120 g/mol. The molecule has 2 nitrogen and oxygen atoms in total. The maximum Gasteiger partial charge on any atom is 0.0720 e. The van der Waals surface area contributed by atoms with Crippen LogP contribution in [0.25, 0.3) is 99.5 Å². The summed E-state index contributed by atoms with van der Waals surface area (Å²) in [5.41, 5.74) is 32.4. The minimum atomic E-state index is -0.663. The SMILES string of the molecule is CC1(C)c2ccccc2-c2cc3c4ccccc4n(-c4cccc5c4-c4ccccc4C54c5ccccc5C5(c6ccccc6-c6c(-n7c8ccc(-c9ccccc9)cc8c8cc9c(cc87)C(C)(C)C7C=CC=CC97)cccc65)c5ccccc54)c3cc21. The highest BCUT2D eigenvalue weighted by Crippen LogP contribution is 2.69. The molecule has 0 amide bonds. The summed E-state index contributed by atoms with van der Waals surface area (Å²) < 4.78 is 5.26. The highest BCUT2D eigenvalue weighted by molar-refractivity contribution is 6.14. The lowest BCUT2D eigenvalue weighted by Crippen LogP contribution is -2.43. The van der Waals surface area contributed by atoms with E-state index in [1.54, 1.807) is 0 Å². The van der Waals surface area contributed by atoms with Crippen LogP contribution in [0.4, 0.5) is 0 Å². The van der Waals surface area contributed by atoms with E-state index in [1.165, 1.54) is 166 Å². The molecular formula is C86H60N2. The lowest BCUT2D eigenvalue weighted by Gasteiger charge is -2.48. The normalized spacial score (nSPS) is 20.2. The second-order valence-corrected chi connectivity index (χ2v) is 27.0. The van der Waals surface area contributed by atoms with Crippen LogP contribution in [0.2, 0.25) is 0 Å². The van der Waals surface area contributed by atoms with Crippen molar-refractivity contribution < 1.29 is 0 Å². The Balaban J connectivity index is 0.853. The van der Waals surface area contributed by atoms with Crippen molar-refractivity contribution in [1.82, 2.24) is 9.13 Å². The smallest absolute Gasteiger partial charge is 0.0720 e.